The molecule has 8 heteroatoms. The summed E-state index contributed by atoms with van der Waals surface area (Å²) >= 11 is 0. The van der Waals surface area contributed by atoms with Crippen LogP contribution in [0.1, 0.15) is 22.8 Å². The van der Waals surface area contributed by atoms with Crippen molar-refractivity contribution in [2.24, 2.45) is 0 Å². The van der Waals surface area contributed by atoms with Crippen LogP contribution in [-0.4, -0.2) is 11.7 Å². The number of aliphatic hydroxyl groups excluding tert-OH is 1. The fourth-order valence-corrected chi connectivity index (χ4v) is 1.98. The minimum Gasteiger partial charge on any atom is -0.483 e. The Hall–Kier alpha value is -2.22. The van der Waals surface area contributed by atoms with Gasteiger partial charge in [-0.2, -0.15) is 26.3 Å². The van der Waals surface area contributed by atoms with Crippen molar-refractivity contribution in [1.29, 1.82) is 0 Å². The van der Waals surface area contributed by atoms with Gasteiger partial charge in [0.25, 0.3) is 0 Å². The Morgan fingerprint density at radius 1 is 0.750 bits per heavy atom. The topological polar surface area (TPSA) is 29.5 Å². The number of hydrogen-bond donors (Lipinski definition) is 1. The average molecular weight is 350 g/mol. The predicted octanol–water partition coefficient (Wildman–Crippen LogP) is 4.84. The molecule has 0 aromatic heterocycles. The lowest BCUT2D eigenvalue weighted by Crippen LogP contribution is -2.13. The highest BCUT2D eigenvalue weighted by Gasteiger charge is 2.31. The van der Waals surface area contributed by atoms with Gasteiger partial charge in [0.2, 0.25) is 0 Å². The van der Waals surface area contributed by atoms with Gasteiger partial charge < -0.3 is 9.84 Å². The molecule has 24 heavy (non-hydrogen) atoms. The van der Waals surface area contributed by atoms with E-state index in [1.807, 2.05) is 0 Å². The van der Waals surface area contributed by atoms with Crippen LogP contribution in [0.5, 0.6) is 5.75 Å². The summed E-state index contributed by atoms with van der Waals surface area (Å²) in [7, 11) is 0. The molecule has 0 aliphatic rings. The van der Waals surface area contributed by atoms with Gasteiger partial charge in [-0.05, 0) is 42.0 Å². The summed E-state index contributed by atoms with van der Waals surface area (Å²) in [4.78, 5) is 0. The van der Waals surface area contributed by atoms with Gasteiger partial charge in [0, 0.05) is 0 Å². The lowest BCUT2D eigenvalue weighted by molar-refractivity contribution is -0.138. The van der Waals surface area contributed by atoms with Crippen LogP contribution >= 0.6 is 0 Å². The van der Waals surface area contributed by atoms with E-state index in [0.717, 1.165) is 48.5 Å². The third-order valence-corrected chi connectivity index (χ3v) is 3.24. The van der Waals surface area contributed by atoms with Crippen LogP contribution in [0.4, 0.5) is 26.3 Å². The van der Waals surface area contributed by atoms with Crippen LogP contribution in [0, 0.1) is 0 Å². The van der Waals surface area contributed by atoms with Crippen molar-refractivity contribution < 1.29 is 36.2 Å². The summed E-state index contributed by atoms with van der Waals surface area (Å²) in [6.07, 6.45) is -9.96. The minimum atomic E-state index is -4.48. The van der Waals surface area contributed by atoms with Crippen LogP contribution in [0.2, 0.25) is 0 Å². The standard InChI is InChI=1S/C16H12F6O2/c17-15(18,19)11-3-1-10(2-4-11)14(9-23)24-13-7-5-12(6-8-13)16(20,21)22/h1-8,14,23H,9H2. The summed E-state index contributed by atoms with van der Waals surface area (Å²) in [5.41, 5.74) is -1.44. The van der Waals surface area contributed by atoms with Crippen molar-refractivity contribution in [3.05, 3.63) is 65.2 Å². The Bertz CT molecular complexity index is 659. The van der Waals surface area contributed by atoms with Crippen molar-refractivity contribution in [2.75, 3.05) is 6.61 Å². The zero-order valence-corrected chi connectivity index (χ0v) is 12.0. The van der Waals surface area contributed by atoms with Gasteiger partial charge in [0.1, 0.15) is 11.9 Å². The molecule has 0 bridgehead atoms. The van der Waals surface area contributed by atoms with Crippen LogP contribution in [-0.2, 0) is 12.4 Å². The van der Waals surface area contributed by atoms with E-state index in [0.29, 0.717) is 0 Å². The molecular formula is C16H12F6O2. The molecule has 130 valence electrons. The monoisotopic (exact) mass is 350 g/mol. The molecular weight excluding hydrogens is 338 g/mol. The first kappa shape index (κ1) is 18.1. The first-order valence-corrected chi connectivity index (χ1v) is 6.73. The van der Waals surface area contributed by atoms with Gasteiger partial charge in [-0.15, -0.1) is 0 Å². The maximum atomic E-state index is 12.5. The normalized spacial score (nSPS) is 13.6. The number of ether oxygens (including phenoxy) is 1. The van der Waals surface area contributed by atoms with Crippen molar-refractivity contribution in [2.45, 2.75) is 18.5 Å². The second-order valence-corrected chi connectivity index (χ2v) is 4.93. The van der Waals surface area contributed by atoms with Gasteiger partial charge in [-0.25, -0.2) is 0 Å². The molecule has 2 rings (SSSR count). The molecule has 0 saturated heterocycles. The van der Waals surface area contributed by atoms with E-state index in [-0.39, 0.29) is 11.3 Å². The SMILES string of the molecule is OCC(Oc1ccc(C(F)(F)F)cc1)c1ccc(C(F)(F)F)cc1. The molecule has 0 saturated carbocycles. The van der Waals surface area contributed by atoms with E-state index >= 15 is 0 Å². The smallest absolute Gasteiger partial charge is 0.416 e. The Labute approximate surface area is 133 Å². The Kier molecular flexibility index (Phi) is 5.08. The zero-order valence-electron chi connectivity index (χ0n) is 12.0. The van der Waals surface area contributed by atoms with E-state index in [1.54, 1.807) is 0 Å². The Balaban J connectivity index is 2.14. The predicted molar refractivity (Wildman–Crippen MR) is 73.3 cm³/mol. The Morgan fingerprint density at radius 2 is 1.17 bits per heavy atom. The van der Waals surface area contributed by atoms with E-state index in [2.05, 4.69) is 0 Å². The molecule has 2 nitrogen and oxygen atoms in total. The van der Waals surface area contributed by atoms with Crippen LogP contribution in [0.15, 0.2) is 48.5 Å². The molecule has 1 unspecified atom stereocenters. The van der Waals surface area contributed by atoms with Crippen molar-refractivity contribution in [3.8, 4) is 5.75 Å². The number of benzene rings is 2. The third kappa shape index (κ3) is 4.41. The fourth-order valence-electron chi connectivity index (χ4n) is 1.98. The highest BCUT2D eigenvalue weighted by molar-refractivity contribution is 5.31. The molecule has 0 fully saturated rings. The van der Waals surface area contributed by atoms with Crippen LogP contribution < -0.4 is 4.74 Å². The highest BCUT2D eigenvalue weighted by Crippen LogP contribution is 2.32. The summed E-state index contributed by atoms with van der Waals surface area (Å²) < 4.78 is 80.3. The molecule has 0 heterocycles. The summed E-state index contributed by atoms with van der Waals surface area (Å²) in [6.45, 7) is -0.549. The first-order chi connectivity index (χ1) is 11.1. The zero-order chi connectivity index (χ0) is 18.0. The van der Waals surface area contributed by atoms with Crippen LogP contribution in [0.3, 0.4) is 0 Å². The van der Waals surface area contributed by atoms with Crippen molar-refractivity contribution >= 4 is 0 Å². The Morgan fingerprint density at radius 3 is 1.54 bits per heavy atom. The van der Waals surface area contributed by atoms with Gasteiger partial charge in [-0.3, -0.25) is 0 Å². The maximum Gasteiger partial charge on any atom is 0.416 e. The first-order valence-electron chi connectivity index (χ1n) is 6.73. The average Bonchev–Trinajstić information content (AvgIpc) is 2.51. The fraction of sp³-hybridized carbons (Fsp3) is 0.250. The number of halogens is 6. The molecule has 0 amide bonds. The molecule has 0 spiro atoms. The van der Waals surface area contributed by atoms with Gasteiger partial charge in [0.15, 0.2) is 0 Å². The molecule has 0 aliphatic heterocycles. The number of hydrogen-bond acceptors (Lipinski definition) is 2. The second kappa shape index (κ2) is 6.72. The van der Waals surface area contributed by atoms with Crippen molar-refractivity contribution in [1.82, 2.24) is 0 Å². The molecule has 2 aromatic carbocycles. The quantitative estimate of drug-likeness (QED) is 0.800. The van der Waals surface area contributed by atoms with E-state index < -0.39 is 36.2 Å². The van der Waals surface area contributed by atoms with Gasteiger partial charge in [-0.1, -0.05) is 12.1 Å². The van der Waals surface area contributed by atoms with Gasteiger partial charge in [0.05, 0.1) is 17.7 Å². The van der Waals surface area contributed by atoms with E-state index in [4.69, 9.17) is 4.74 Å². The molecule has 0 radical (unpaired) electrons. The minimum absolute atomic E-state index is 0.0574. The molecule has 2 aromatic rings. The second-order valence-electron chi connectivity index (χ2n) is 4.93. The number of aliphatic hydroxyl groups is 1. The highest BCUT2D eigenvalue weighted by atomic mass is 19.4. The maximum absolute atomic E-state index is 12.5. The largest absolute Gasteiger partial charge is 0.483 e. The van der Waals surface area contributed by atoms with Gasteiger partial charge >= 0.3 is 12.4 Å². The molecule has 1 atom stereocenters. The number of alkyl halides is 6. The lowest BCUT2D eigenvalue weighted by Gasteiger charge is -2.18. The third-order valence-electron chi connectivity index (χ3n) is 3.24. The number of rotatable bonds is 4. The summed E-state index contributed by atoms with van der Waals surface area (Å²) in [6, 6.07) is 7.77. The van der Waals surface area contributed by atoms with Crippen molar-refractivity contribution in [3.63, 3.8) is 0 Å². The molecule has 1 N–H and O–H groups in total. The molecule has 0 aliphatic carbocycles. The van der Waals surface area contributed by atoms with E-state index in [1.165, 1.54) is 0 Å². The van der Waals surface area contributed by atoms with E-state index in [9.17, 15) is 31.4 Å². The summed E-state index contributed by atoms with van der Waals surface area (Å²) in [5.74, 6) is 0.0574. The lowest BCUT2D eigenvalue weighted by atomic mass is 10.1. The van der Waals surface area contributed by atoms with Crippen LogP contribution in [0.25, 0.3) is 0 Å². The summed E-state index contributed by atoms with van der Waals surface area (Å²) in [5, 5.41) is 9.33.